The van der Waals surface area contributed by atoms with Crippen molar-refractivity contribution in [2.75, 3.05) is 37.6 Å². The smallest absolute Gasteiger partial charge is 0.194 e. The van der Waals surface area contributed by atoms with Crippen molar-refractivity contribution in [3.8, 4) is 5.69 Å². The maximum absolute atomic E-state index is 4.85. The van der Waals surface area contributed by atoms with Crippen LogP contribution in [0.15, 0.2) is 59.2 Å². The second-order valence-corrected chi connectivity index (χ2v) is 7.47. The molecule has 0 bridgehead atoms. The summed E-state index contributed by atoms with van der Waals surface area (Å²) in [7, 11) is 0. The highest BCUT2D eigenvalue weighted by molar-refractivity contribution is 7.14. The van der Waals surface area contributed by atoms with Crippen LogP contribution in [0.5, 0.6) is 0 Å². The predicted octanol–water partition coefficient (Wildman–Crippen LogP) is 2.62. The number of piperazine rings is 1. The van der Waals surface area contributed by atoms with Crippen molar-refractivity contribution in [1.82, 2.24) is 25.0 Å². The van der Waals surface area contributed by atoms with Gasteiger partial charge in [0.05, 0.1) is 5.00 Å². The third kappa shape index (κ3) is 4.17. The molecular weight excluding hydrogens is 370 g/mol. The largest absolute Gasteiger partial charge is 0.360 e. The number of anilines is 1. The van der Waals surface area contributed by atoms with Crippen molar-refractivity contribution in [2.45, 2.75) is 13.5 Å². The first-order valence-electron chi connectivity index (χ1n) is 9.61. The molecule has 0 saturated carbocycles. The predicted molar refractivity (Wildman–Crippen MR) is 114 cm³/mol. The average molecular weight is 396 g/mol. The number of thiophene rings is 1. The molecule has 1 aromatic carbocycles. The fourth-order valence-electron chi connectivity index (χ4n) is 3.33. The van der Waals surface area contributed by atoms with E-state index in [9.17, 15) is 0 Å². The van der Waals surface area contributed by atoms with Crippen LogP contribution < -0.4 is 10.2 Å². The fourth-order valence-corrected chi connectivity index (χ4v) is 4.12. The Kier molecular flexibility index (Phi) is 5.86. The first kappa shape index (κ1) is 18.5. The lowest BCUT2D eigenvalue weighted by Crippen LogP contribution is -2.52. The van der Waals surface area contributed by atoms with E-state index in [1.165, 1.54) is 5.00 Å². The second kappa shape index (κ2) is 8.88. The van der Waals surface area contributed by atoms with Gasteiger partial charge in [0, 0.05) is 38.4 Å². The number of nitrogens with one attached hydrogen (secondary N) is 1. The number of hydrogen-bond acceptors (Lipinski definition) is 5. The Labute approximate surface area is 169 Å². The van der Waals surface area contributed by atoms with E-state index in [4.69, 9.17) is 4.99 Å². The van der Waals surface area contributed by atoms with Crippen LogP contribution in [0.4, 0.5) is 5.00 Å². The van der Waals surface area contributed by atoms with E-state index >= 15 is 0 Å². The van der Waals surface area contributed by atoms with Gasteiger partial charge in [-0.1, -0.05) is 18.2 Å². The second-order valence-electron chi connectivity index (χ2n) is 6.55. The van der Waals surface area contributed by atoms with Crippen LogP contribution in [0.3, 0.4) is 0 Å². The summed E-state index contributed by atoms with van der Waals surface area (Å²) in [6, 6.07) is 14.4. The third-order valence-corrected chi connectivity index (χ3v) is 5.68. The van der Waals surface area contributed by atoms with Gasteiger partial charge in [-0.25, -0.2) is 4.99 Å². The van der Waals surface area contributed by atoms with Crippen molar-refractivity contribution >= 4 is 22.3 Å². The van der Waals surface area contributed by atoms with Crippen molar-refractivity contribution < 1.29 is 0 Å². The van der Waals surface area contributed by atoms with Gasteiger partial charge in [-0.2, -0.15) is 0 Å². The maximum Gasteiger partial charge on any atom is 0.194 e. The molecule has 3 heterocycles. The number of aliphatic imine (C=N–C) groups is 1. The first-order chi connectivity index (χ1) is 13.8. The summed E-state index contributed by atoms with van der Waals surface area (Å²) in [5, 5.41) is 15.3. The van der Waals surface area contributed by atoms with Gasteiger partial charge in [0.25, 0.3) is 0 Å². The van der Waals surface area contributed by atoms with Gasteiger partial charge in [0.15, 0.2) is 11.8 Å². The summed E-state index contributed by atoms with van der Waals surface area (Å²) in [6.45, 7) is 7.35. The van der Waals surface area contributed by atoms with Crippen LogP contribution in [0, 0.1) is 0 Å². The Bertz CT molecular complexity index is 880. The van der Waals surface area contributed by atoms with E-state index in [2.05, 4.69) is 49.8 Å². The molecule has 0 unspecified atom stereocenters. The average Bonchev–Trinajstić information content (AvgIpc) is 3.44. The molecule has 146 valence electrons. The van der Waals surface area contributed by atoms with Crippen molar-refractivity contribution in [2.24, 2.45) is 4.99 Å². The van der Waals surface area contributed by atoms with E-state index < -0.39 is 0 Å². The maximum atomic E-state index is 4.85. The number of nitrogens with zero attached hydrogens (tertiary/aromatic N) is 6. The SMILES string of the molecule is CCNC(=NCc1nncn1-c1ccccc1)N1CCN(c2cccs2)CC1. The minimum Gasteiger partial charge on any atom is -0.360 e. The molecular formula is C20H25N7S. The monoisotopic (exact) mass is 395 g/mol. The Hall–Kier alpha value is -2.87. The Morgan fingerprint density at radius 2 is 1.93 bits per heavy atom. The van der Waals surface area contributed by atoms with Crippen LogP contribution in [-0.4, -0.2) is 58.3 Å². The normalized spacial score (nSPS) is 15.1. The van der Waals surface area contributed by atoms with Crippen LogP contribution in [0.2, 0.25) is 0 Å². The van der Waals surface area contributed by atoms with E-state index in [1.54, 1.807) is 17.7 Å². The van der Waals surface area contributed by atoms with E-state index in [0.717, 1.165) is 50.2 Å². The van der Waals surface area contributed by atoms with Crippen LogP contribution in [-0.2, 0) is 6.54 Å². The molecule has 0 amide bonds. The van der Waals surface area contributed by atoms with E-state index in [1.807, 2.05) is 34.9 Å². The van der Waals surface area contributed by atoms with Gasteiger partial charge in [-0.05, 0) is 36.6 Å². The summed E-state index contributed by atoms with van der Waals surface area (Å²) in [5.74, 6) is 1.77. The number of para-hydroxylation sites is 1. The van der Waals surface area contributed by atoms with Crippen molar-refractivity contribution in [1.29, 1.82) is 0 Å². The summed E-state index contributed by atoms with van der Waals surface area (Å²) in [6.07, 6.45) is 1.74. The number of benzene rings is 1. The van der Waals surface area contributed by atoms with Crippen molar-refractivity contribution in [3.63, 3.8) is 0 Å². The molecule has 28 heavy (non-hydrogen) atoms. The van der Waals surface area contributed by atoms with Gasteiger partial charge in [-0.15, -0.1) is 21.5 Å². The first-order valence-corrected chi connectivity index (χ1v) is 10.5. The summed E-state index contributed by atoms with van der Waals surface area (Å²) >= 11 is 1.80. The van der Waals surface area contributed by atoms with Gasteiger partial charge < -0.3 is 15.1 Å². The topological polar surface area (TPSA) is 61.6 Å². The zero-order chi connectivity index (χ0) is 19.2. The van der Waals surface area contributed by atoms with Crippen LogP contribution >= 0.6 is 11.3 Å². The zero-order valence-electron chi connectivity index (χ0n) is 16.0. The lowest BCUT2D eigenvalue weighted by atomic mass is 10.3. The standard InChI is InChI=1S/C20H25N7S/c1-2-21-20(26-12-10-25(11-13-26)19-9-6-14-28-19)22-15-18-24-23-16-27(18)17-7-4-3-5-8-17/h3-9,14,16H,2,10-13,15H2,1H3,(H,21,22). The number of aromatic nitrogens is 3. The summed E-state index contributed by atoms with van der Waals surface area (Å²) < 4.78 is 1.99. The Morgan fingerprint density at radius 1 is 1.11 bits per heavy atom. The number of guanidine groups is 1. The molecule has 4 rings (SSSR count). The highest BCUT2D eigenvalue weighted by Gasteiger charge is 2.20. The molecule has 1 aliphatic rings. The molecule has 1 fully saturated rings. The van der Waals surface area contributed by atoms with Gasteiger partial charge in [0.2, 0.25) is 0 Å². The fraction of sp³-hybridized carbons (Fsp3) is 0.350. The molecule has 7 nitrogen and oxygen atoms in total. The van der Waals surface area contributed by atoms with Gasteiger partial charge >= 0.3 is 0 Å². The Balaban J connectivity index is 1.44. The van der Waals surface area contributed by atoms with E-state index in [-0.39, 0.29) is 0 Å². The minimum atomic E-state index is 0.488. The molecule has 3 aromatic rings. The minimum absolute atomic E-state index is 0.488. The summed E-state index contributed by atoms with van der Waals surface area (Å²) in [4.78, 5) is 9.62. The van der Waals surface area contributed by atoms with Crippen LogP contribution in [0.25, 0.3) is 5.69 Å². The molecule has 2 aromatic heterocycles. The lowest BCUT2D eigenvalue weighted by molar-refractivity contribution is 0.373. The Morgan fingerprint density at radius 3 is 2.64 bits per heavy atom. The lowest BCUT2D eigenvalue weighted by Gasteiger charge is -2.37. The molecule has 1 aliphatic heterocycles. The van der Waals surface area contributed by atoms with E-state index in [0.29, 0.717) is 6.54 Å². The molecule has 0 radical (unpaired) electrons. The third-order valence-electron chi connectivity index (χ3n) is 4.75. The van der Waals surface area contributed by atoms with Gasteiger partial charge in [0.1, 0.15) is 12.9 Å². The molecule has 0 atom stereocenters. The summed E-state index contributed by atoms with van der Waals surface area (Å²) in [5.41, 5.74) is 1.05. The van der Waals surface area contributed by atoms with Crippen LogP contribution in [0.1, 0.15) is 12.7 Å². The molecule has 0 aliphatic carbocycles. The van der Waals surface area contributed by atoms with Crippen molar-refractivity contribution in [3.05, 3.63) is 60.0 Å². The zero-order valence-corrected chi connectivity index (χ0v) is 16.8. The highest BCUT2D eigenvalue weighted by Crippen LogP contribution is 2.22. The highest BCUT2D eigenvalue weighted by atomic mass is 32.1. The van der Waals surface area contributed by atoms with Gasteiger partial charge in [-0.3, -0.25) is 4.57 Å². The number of rotatable bonds is 5. The molecule has 1 saturated heterocycles. The number of hydrogen-bond donors (Lipinski definition) is 1. The molecule has 1 N–H and O–H groups in total. The quantitative estimate of drug-likeness (QED) is 0.532. The molecule has 0 spiro atoms. The molecule has 8 heteroatoms.